The first-order valence-electron chi connectivity index (χ1n) is 7.62. The van der Waals surface area contributed by atoms with Crippen LogP contribution in [0.25, 0.3) is 0 Å². The Bertz CT molecular complexity index is 672. The van der Waals surface area contributed by atoms with Crippen molar-refractivity contribution < 1.29 is 9.59 Å². The van der Waals surface area contributed by atoms with Crippen molar-refractivity contribution in [2.75, 3.05) is 6.54 Å². The van der Waals surface area contributed by atoms with Gasteiger partial charge in [0.2, 0.25) is 5.91 Å². The molecule has 2 unspecified atom stereocenters. The average molecular weight is 329 g/mol. The standard InChI is InChI=1S/C17H19N3O2S/c1-13(21)23-15-10-17(22)20(11-15)16(12-19-9-5-8-18-19)14-6-3-2-4-7-14/h2-9,15-16H,10-12H2,1H3. The summed E-state index contributed by atoms with van der Waals surface area (Å²) in [6, 6.07) is 11.8. The molecule has 0 bridgehead atoms. The number of nitrogens with zero attached hydrogens (tertiary/aromatic N) is 3. The molecule has 1 aliphatic heterocycles. The van der Waals surface area contributed by atoms with E-state index in [1.165, 1.54) is 11.8 Å². The van der Waals surface area contributed by atoms with Gasteiger partial charge in [-0.15, -0.1) is 0 Å². The number of carbonyl (C=O) groups excluding carboxylic acids is 2. The molecule has 1 aromatic carbocycles. The van der Waals surface area contributed by atoms with Crippen LogP contribution in [-0.2, 0) is 16.1 Å². The van der Waals surface area contributed by atoms with E-state index in [0.29, 0.717) is 19.5 Å². The Labute approximate surface area is 139 Å². The highest BCUT2D eigenvalue weighted by atomic mass is 32.2. The zero-order valence-corrected chi connectivity index (χ0v) is 13.8. The molecule has 2 heterocycles. The van der Waals surface area contributed by atoms with Crippen molar-refractivity contribution in [2.24, 2.45) is 0 Å². The molecular formula is C17H19N3O2S. The van der Waals surface area contributed by atoms with Crippen molar-refractivity contribution >= 4 is 22.8 Å². The highest BCUT2D eigenvalue weighted by Gasteiger charge is 2.36. The zero-order valence-electron chi connectivity index (χ0n) is 13.0. The number of benzene rings is 1. The Balaban J connectivity index is 1.83. The quantitative estimate of drug-likeness (QED) is 0.846. The van der Waals surface area contributed by atoms with Crippen LogP contribution in [0.1, 0.15) is 24.9 Å². The Morgan fingerprint density at radius 2 is 2.13 bits per heavy atom. The molecule has 1 fully saturated rings. The van der Waals surface area contributed by atoms with Gasteiger partial charge >= 0.3 is 0 Å². The Hall–Kier alpha value is -2.08. The fourth-order valence-electron chi connectivity index (χ4n) is 2.96. The number of likely N-dealkylation sites (tertiary alicyclic amines) is 1. The molecule has 0 spiro atoms. The van der Waals surface area contributed by atoms with Crippen LogP contribution >= 0.6 is 11.8 Å². The van der Waals surface area contributed by atoms with Gasteiger partial charge in [0.25, 0.3) is 0 Å². The molecule has 1 amide bonds. The summed E-state index contributed by atoms with van der Waals surface area (Å²) >= 11 is 1.27. The van der Waals surface area contributed by atoms with E-state index in [1.807, 2.05) is 52.2 Å². The first-order chi connectivity index (χ1) is 11.1. The van der Waals surface area contributed by atoms with E-state index in [0.717, 1.165) is 5.56 Å². The number of aromatic nitrogens is 2. The molecule has 1 aromatic heterocycles. The van der Waals surface area contributed by atoms with Crippen molar-refractivity contribution in [1.82, 2.24) is 14.7 Å². The molecule has 5 nitrogen and oxygen atoms in total. The van der Waals surface area contributed by atoms with Crippen LogP contribution in [0.5, 0.6) is 0 Å². The molecule has 0 N–H and O–H groups in total. The lowest BCUT2D eigenvalue weighted by atomic mass is 10.1. The summed E-state index contributed by atoms with van der Waals surface area (Å²) in [5, 5.41) is 4.37. The average Bonchev–Trinajstić information content (AvgIpc) is 3.15. The maximum atomic E-state index is 12.5. The first-order valence-corrected chi connectivity index (χ1v) is 8.50. The lowest BCUT2D eigenvalue weighted by Crippen LogP contribution is -2.33. The highest BCUT2D eigenvalue weighted by Crippen LogP contribution is 2.32. The maximum absolute atomic E-state index is 12.5. The largest absolute Gasteiger partial charge is 0.333 e. The molecular weight excluding hydrogens is 310 g/mol. The molecule has 23 heavy (non-hydrogen) atoms. The SMILES string of the molecule is CC(=O)SC1CC(=O)N(C(Cn2cccn2)c2ccccc2)C1. The molecule has 6 heteroatoms. The van der Waals surface area contributed by atoms with Crippen molar-refractivity contribution in [3.05, 3.63) is 54.4 Å². The van der Waals surface area contributed by atoms with Gasteiger partial charge in [0, 0.05) is 37.5 Å². The van der Waals surface area contributed by atoms with E-state index in [9.17, 15) is 9.59 Å². The third kappa shape index (κ3) is 3.82. The molecule has 3 rings (SSSR count). The Morgan fingerprint density at radius 1 is 1.35 bits per heavy atom. The van der Waals surface area contributed by atoms with Gasteiger partial charge < -0.3 is 4.90 Å². The lowest BCUT2D eigenvalue weighted by Gasteiger charge is -2.28. The molecule has 0 saturated carbocycles. The van der Waals surface area contributed by atoms with E-state index >= 15 is 0 Å². The second kappa shape index (κ2) is 7.00. The highest BCUT2D eigenvalue weighted by molar-refractivity contribution is 8.14. The van der Waals surface area contributed by atoms with Crippen LogP contribution in [0, 0.1) is 0 Å². The fourth-order valence-corrected chi connectivity index (χ4v) is 3.89. The molecule has 1 aliphatic rings. The third-order valence-corrected chi connectivity index (χ3v) is 4.92. The fraction of sp³-hybridized carbons (Fsp3) is 0.353. The summed E-state index contributed by atoms with van der Waals surface area (Å²) in [5.74, 6) is 0.102. The van der Waals surface area contributed by atoms with Crippen LogP contribution in [0.4, 0.5) is 0 Å². The molecule has 2 atom stereocenters. The summed E-state index contributed by atoms with van der Waals surface area (Å²) in [6.45, 7) is 2.76. The summed E-state index contributed by atoms with van der Waals surface area (Å²) in [4.78, 5) is 25.7. The van der Waals surface area contributed by atoms with E-state index in [-0.39, 0.29) is 22.3 Å². The van der Waals surface area contributed by atoms with E-state index in [4.69, 9.17) is 0 Å². The van der Waals surface area contributed by atoms with Gasteiger partial charge in [-0.05, 0) is 11.6 Å². The topological polar surface area (TPSA) is 55.2 Å². The van der Waals surface area contributed by atoms with Gasteiger partial charge in [-0.1, -0.05) is 42.1 Å². The van der Waals surface area contributed by atoms with Crippen LogP contribution in [0.2, 0.25) is 0 Å². The Morgan fingerprint density at radius 3 is 2.78 bits per heavy atom. The second-order valence-corrected chi connectivity index (χ2v) is 7.11. The van der Waals surface area contributed by atoms with Crippen molar-refractivity contribution in [2.45, 2.75) is 31.2 Å². The predicted octanol–water partition coefficient (Wildman–Crippen LogP) is 2.51. The Kier molecular flexibility index (Phi) is 4.81. The summed E-state index contributed by atoms with van der Waals surface area (Å²) in [7, 11) is 0. The van der Waals surface area contributed by atoms with E-state index in [2.05, 4.69) is 5.10 Å². The second-order valence-electron chi connectivity index (χ2n) is 5.64. The van der Waals surface area contributed by atoms with Crippen molar-refractivity contribution in [1.29, 1.82) is 0 Å². The predicted molar refractivity (Wildman–Crippen MR) is 89.8 cm³/mol. The number of carbonyl (C=O) groups is 2. The smallest absolute Gasteiger partial charge is 0.224 e. The van der Waals surface area contributed by atoms with Crippen molar-refractivity contribution in [3.8, 4) is 0 Å². The number of rotatable bonds is 5. The molecule has 1 saturated heterocycles. The van der Waals surface area contributed by atoms with Gasteiger partial charge in [-0.25, -0.2) is 0 Å². The van der Waals surface area contributed by atoms with Gasteiger partial charge in [0.1, 0.15) is 0 Å². The van der Waals surface area contributed by atoms with Gasteiger partial charge in [-0.3, -0.25) is 14.3 Å². The minimum absolute atomic E-state index is 0.0452. The summed E-state index contributed by atoms with van der Waals surface area (Å²) in [5.41, 5.74) is 1.09. The maximum Gasteiger partial charge on any atom is 0.224 e. The number of hydrogen-bond donors (Lipinski definition) is 0. The zero-order chi connectivity index (χ0) is 16.2. The normalized spacial score (nSPS) is 19.1. The summed E-state index contributed by atoms with van der Waals surface area (Å²) < 4.78 is 1.84. The molecule has 0 radical (unpaired) electrons. The number of hydrogen-bond acceptors (Lipinski definition) is 4. The van der Waals surface area contributed by atoms with Crippen LogP contribution in [-0.4, -0.2) is 37.5 Å². The van der Waals surface area contributed by atoms with Crippen LogP contribution in [0.15, 0.2) is 48.8 Å². The van der Waals surface area contributed by atoms with Gasteiger partial charge in [0.05, 0.1) is 12.6 Å². The first kappa shape index (κ1) is 15.8. The van der Waals surface area contributed by atoms with Gasteiger partial charge in [-0.2, -0.15) is 5.10 Å². The van der Waals surface area contributed by atoms with E-state index < -0.39 is 0 Å². The monoisotopic (exact) mass is 329 g/mol. The molecule has 120 valence electrons. The molecule has 0 aliphatic carbocycles. The van der Waals surface area contributed by atoms with Crippen molar-refractivity contribution in [3.63, 3.8) is 0 Å². The lowest BCUT2D eigenvalue weighted by molar-refractivity contribution is -0.130. The number of thioether (sulfide) groups is 1. The number of amides is 1. The summed E-state index contributed by atoms with van der Waals surface area (Å²) in [6.07, 6.45) is 4.06. The minimum Gasteiger partial charge on any atom is -0.333 e. The van der Waals surface area contributed by atoms with Crippen LogP contribution in [0.3, 0.4) is 0 Å². The minimum atomic E-state index is -0.0684. The van der Waals surface area contributed by atoms with Crippen LogP contribution < -0.4 is 0 Å². The van der Waals surface area contributed by atoms with E-state index in [1.54, 1.807) is 13.1 Å². The van der Waals surface area contributed by atoms with Gasteiger partial charge in [0.15, 0.2) is 5.12 Å². The molecule has 2 aromatic rings. The third-order valence-electron chi connectivity index (χ3n) is 3.94.